The van der Waals surface area contributed by atoms with Gasteiger partial charge in [-0.2, -0.15) is 0 Å². The van der Waals surface area contributed by atoms with Gasteiger partial charge in [-0.15, -0.1) is 0 Å². The van der Waals surface area contributed by atoms with E-state index in [-0.39, 0.29) is 12.5 Å². The summed E-state index contributed by atoms with van der Waals surface area (Å²) in [6, 6.07) is 3.99. The minimum absolute atomic E-state index is 0.121. The molecule has 3 N–H and O–H groups in total. The van der Waals surface area contributed by atoms with Gasteiger partial charge in [-0.3, -0.25) is 4.79 Å². The van der Waals surface area contributed by atoms with Crippen molar-refractivity contribution in [2.75, 3.05) is 0 Å². The van der Waals surface area contributed by atoms with Gasteiger partial charge in [0.2, 0.25) is 0 Å². The smallest absolute Gasteiger partial charge is 0.303 e. The summed E-state index contributed by atoms with van der Waals surface area (Å²) < 4.78 is 1.12. The molecule has 1 atom stereocenters. The third kappa shape index (κ3) is 2.87. The number of hydrogen-bond donors (Lipinski definition) is 2. The number of aliphatic carboxylic acids is 1. The van der Waals surface area contributed by atoms with Crippen LogP contribution in [-0.4, -0.2) is 11.1 Å². The number of rotatable bonds is 4. The van der Waals surface area contributed by atoms with E-state index in [1.807, 2.05) is 6.07 Å². The number of carbonyl (C=O) groups is 1. The van der Waals surface area contributed by atoms with Gasteiger partial charge in [0, 0.05) is 16.9 Å². The number of benzene rings is 1. The van der Waals surface area contributed by atoms with Gasteiger partial charge in [-0.25, -0.2) is 0 Å². The zero-order valence-corrected chi connectivity index (χ0v) is 11.2. The lowest BCUT2D eigenvalue weighted by Crippen LogP contribution is -2.12. The zero-order chi connectivity index (χ0) is 12.4. The van der Waals surface area contributed by atoms with Crippen LogP contribution in [0.2, 0.25) is 0 Å². The van der Waals surface area contributed by atoms with Crippen molar-refractivity contribution in [3.8, 4) is 0 Å². The van der Waals surface area contributed by atoms with Gasteiger partial charge in [0.15, 0.2) is 0 Å². The lowest BCUT2D eigenvalue weighted by Gasteiger charge is -2.14. The number of carboxylic acid groups (broad SMARTS) is 1. The van der Waals surface area contributed by atoms with Crippen molar-refractivity contribution < 1.29 is 9.90 Å². The fourth-order valence-electron chi connectivity index (χ4n) is 2.34. The molecule has 1 aromatic rings. The first-order valence-electron chi connectivity index (χ1n) is 5.86. The molecule has 17 heavy (non-hydrogen) atoms. The van der Waals surface area contributed by atoms with Crippen molar-refractivity contribution in [3.05, 3.63) is 33.3 Å². The Labute approximate surface area is 109 Å². The molecule has 1 unspecified atom stereocenters. The summed E-state index contributed by atoms with van der Waals surface area (Å²) in [5.41, 5.74) is 9.81. The summed E-state index contributed by atoms with van der Waals surface area (Å²) in [5.74, 6) is -0.791. The maximum absolute atomic E-state index is 10.5. The van der Waals surface area contributed by atoms with Crippen molar-refractivity contribution in [3.63, 3.8) is 0 Å². The van der Waals surface area contributed by atoms with E-state index >= 15 is 0 Å². The number of nitrogens with two attached hydrogens (primary N) is 1. The quantitative estimate of drug-likeness (QED) is 0.898. The number of carboxylic acids is 1. The van der Waals surface area contributed by atoms with Gasteiger partial charge in [0.1, 0.15) is 0 Å². The number of hydrogen-bond acceptors (Lipinski definition) is 2. The van der Waals surface area contributed by atoms with Gasteiger partial charge in [-0.1, -0.05) is 22.0 Å². The Balaban J connectivity index is 2.16. The van der Waals surface area contributed by atoms with E-state index in [0.29, 0.717) is 6.42 Å². The Kier molecular flexibility index (Phi) is 3.84. The lowest BCUT2D eigenvalue weighted by atomic mass is 9.98. The second-order valence-corrected chi connectivity index (χ2v) is 5.39. The molecule has 1 aliphatic carbocycles. The van der Waals surface area contributed by atoms with Crippen LogP contribution in [0.3, 0.4) is 0 Å². The molecular formula is C13H16BrNO2. The SMILES string of the molecule is NC(CCC(=O)O)c1cc(Br)c2c(c1)CCC2. The molecule has 0 aliphatic heterocycles. The highest BCUT2D eigenvalue weighted by Gasteiger charge is 2.17. The third-order valence-electron chi connectivity index (χ3n) is 3.28. The molecule has 0 bridgehead atoms. The van der Waals surface area contributed by atoms with Crippen LogP contribution in [0.15, 0.2) is 16.6 Å². The van der Waals surface area contributed by atoms with E-state index < -0.39 is 5.97 Å². The average Bonchev–Trinajstić information content (AvgIpc) is 2.74. The van der Waals surface area contributed by atoms with Crippen molar-refractivity contribution in [1.29, 1.82) is 0 Å². The minimum atomic E-state index is -0.791. The third-order valence-corrected chi connectivity index (χ3v) is 3.99. The van der Waals surface area contributed by atoms with Crippen molar-refractivity contribution >= 4 is 21.9 Å². The number of halogens is 1. The molecule has 3 nitrogen and oxygen atoms in total. The number of aryl methyl sites for hydroxylation is 1. The molecule has 1 aromatic carbocycles. The van der Waals surface area contributed by atoms with Gasteiger partial charge in [0.25, 0.3) is 0 Å². The van der Waals surface area contributed by atoms with Crippen LogP contribution in [0.25, 0.3) is 0 Å². The van der Waals surface area contributed by atoms with Gasteiger partial charge in [0.05, 0.1) is 0 Å². The summed E-state index contributed by atoms with van der Waals surface area (Å²) in [6.07, 6.45) is 4.03. The average molecular weight is 298 g/mol. The van der Waals surface area contributed by atoms with Crippen LogP contribution in [-0.2, 0) is 17.6 Å². The fraction of sp³-hybridized carbons (Fsp3) is 0.462. The molecule has 0 heterocycles. The molecule has 0 saturated heterocycles. The molecule has 0 saturated carbocycles. The van der Waals surface area contributed by atoms with Gasteiger partial charge < -0.3 is 10.8 Å². The molecule has 1 aliphatic rings. The predicted molar refractivity (Wildman–Crippen MR) is 70.0 cm³/mol. The lowest BCUT2D eigenvalue weighted by molar-refractivity contribution is -0.137. The summed E-state index contributed by atoms with van der Waals surface area (Å²) in [6.45, 7) is 0. The Hall–Kier alpha value is -0.870. The minimum Gasteiger partial charge on any atom is -0.481 e. The first-order valence-corrected chi connectivity index (χ1v) is 6.66. The highest BCUT2D eigenvalue weighted by molar-refractivity contribution is 9.10. The summed E-state index contributed by atoms with van der Waals surface area (Å²) in [4.78, 5) is 10.5. The summed E-state index contributed by atoms with van der Waals surface area (Å²) >= 11 is 3.57. The maximum atomic E-state index is 10.5. The van der Waals surface area contributed by atoms with E-state index in [4.69, 9.17) is 10.8 Å². The Morgan fingerprint density at radius 1 is 1.47 bits per heavy atom. The summed E-state index contributed by atoms with van der Waals surface area (Å²) in [7, 11) is 0. The van der Waals surface area contributed by atoms with Gasteiger partial charge in [-0.05, 0) is 48.4 Å². The molecule has 0 fully saturated rings. The van der Waals surface area contributed by atoms with Crippen LogP contribution in [0, 0.1) is 0 Å². The Morgan fingerprint density at radius 2 is 2.24 bits per heavy atom. The Morgan fingerprint density at radius 3 is 2.94 bits per heavy atom. The van der Waals surface area contributed by atoms with Crippen molar-refractivity contribution in [2.45, 2.75) is 38.1 Å². The molecular weight excluding hydrogens is 282 g/mol. The number of fused-ring (bicyclic) bond motifs is 1. The molecule has 92 valence electrons. The summed E-state index contributed by atoms with van der Waals surface area (Å²) in [5, 5.41) is 8.65. The van der Waals surface area contributed by atoms with Crippen LogP contribution in [0.5, 0.6) is 0 Å². The van der Waals surface area contributed by atoms with Crippen LogP contribution in [0.4, 0.5) is 0 Å². The van der Waals surface area contributed by atoms with Crippen molar-refractivity contribution in [1.82, 2.24) is 0 Å². The first kappa shape index (κ1) is 12.6. The van der Waals surface area contributed by atoms with Crippen LogP contribution < -0.4 is 5.73 Å². The first-order chi connectivity index (χ1) is 8.08. The highest BCUT2D eigenvalue weighted by Crippen LogP contribution is 2.32. The Bertz CT molecular complexity index is 445. The second-order valence-electron chi connectivity index (χ2n) is 4.53. The largest absolute Gasteiger partial charge is 0.481 e. The van der Waals surface area contributed by atoms with E-state index in [9.17, 15) is 4.79 Å². The molecule has 4 heteroatoms. The molecule has 0 aromatic heterocycles. The second kappa shape index (κ2) is 5.19. The van der Waals surface area contributed by atoms with E-state index in [0.717, 1.165) is 22.9 Å². The van der Waals surface area contributed by atoms with Crippen LogP contribution in [0.1, 0.15) is 42.0 Å². The predicted octanol–water partition coefficient (Wildman–Crippen LogP) is 2.80. The topological polar surface area (TPSA) is 63.3 Å². The maximum Gasteiger partial charge on any atom is 0.303 e. The molecule has 0 radical (unpaired) electrons. The fourth-order valence-corrected chi connectivity index (χ4v) is 3.05. The van der Waals surface area contributed by atoms with E-state index in [1.54, 1.807) is 0 Å². The molecule has 0 amide bonds. The standard InChI is InChI=1S/C13H16BrNO2/c14-11-7-9(12(15)4-5-13(16)17)6-8-2-1-3-10(8)11/h6-7,12H,1-5,15H2,(H,16,17). The highest BCUT2D eigenvalue weighted by atomic mass is 79.9. The van der Waals surface area contributed by atoms with Crippen molar-refractivity contribution in [2.24, 2.45) is 5.73 Å². The van der Waals surface area contributed by atoms with E-state index in [2.05, 4.69) is 22.0 Å². The van der Waals surface area contributed by atoms with Crippen LogP contribution >= 0.6 is 15.9 Å². The van der Waals surface area contributed by atoms with E-state index in [1.165, 1.54) is 17.5 Å². The monoisotopic (exact) mass is 297 g/mol. The van der Waals surface area contributed by atoms with Gasteiger partial charge >= 0.3 is 5.97 Å². The molecule has 2 rings (SSSR count). The normalized spacial score (nSPS) is 15.6. The molecule has 0 spiro atoms. The zero-order valence-electron chi connectivity index (χ0n) is 9.58.